The van der Waals surface area contributed by atoms with E-state index in [0.29, 0.717) is 17.7 Å². The highest BCUT2D eigenvalue weighted by molar-refractivity contribution is 7.91. The number of rotatable bonds is 6. The number of carbonyl (C=O) groups excluding carboxylic acids is 2. The molecule has 0 N–H and O–H groups in total. The van der Waals surface area contributed by atoms with Crippen molar-refractivity contribution in [3.05, 3.63) is 47.3 Å². The van der Waals surface area contributed by atoms with Crippen molar-refractivity contribution < 1.29 is 22.7 Å². The number of hydrogen-bond acceptors (Lipinski definition) is 5. The standard InChI is InChI=1S/C18H23NO5S/c1-4-5-6-7-18(21)24-11-17(20)16-10-13(2)19(14(16)3)15-8-9-25(22,23)12-15/h4-7,10,15H,8-9,11-12H2,1-3H3/b5-4+,7-6+/t15-/m0/s1. The van der Waals surface area contributed by atoms with Gasteiger partial charge in [-0.05, 0) is 33.3 Å². The first-order valence-electron chi connectivity index (χ1n) is 8.13. The van der Waals surface area contributed by atoms with Gasteiger partial charge in [0.2, 0.25) is 5.78 Å². The lowest BCUT2D eigenvalue weighted by atomic mass is 10.1. The van der Waals surface area contributed by atoms with Crippen LogP contribution < -0.4 is 0 Å². The van der Waals surface area contributed by atoms with Gasteiger partial charge in [0.25, 0.3) is 0 Å². The molecular weight excluding hydrogens is 342 g/mol. The normalized spacial score (nSPS) is 19.7. The maximum Gasteiger partial charge on any atom is 0.331 e. The lowest BCUT2D eigenvalue weighted by Crippen LogP contribution is -2.16. The van der Waals surface area contributed by atoms with Crippen LogP contribution >= 0.6 is 0 Å². The van der Waals surface area contributed by atoms with Gasteiger partial charge in [0.15, 0.2) is 16.4 Å². The van der Waals surface area contributed by atoms with Crippen LogP contribution in [0.15, 0.2) is 30.4 Å². The molecular formula is C18H23NO5S. The first-order valence-corrected chi connectivity index (χ1v) is 9.95. The summed E-state index contributed by atoms with van der Waals surface area (Å²) in [5, 5.41) is 0. The van der Waals surface area contributed by atoms with E-state index in [9.17, 15) is 18.0 Å². The number of hydrogen-bond donors (Lipinski definition) is 0. The summed E-state index contributed by atoms with van der Waals surface area (Å²) >= 11 is 0. The van der Waals surface area contributed by atoms with Crippen LogP contribution in [0.3, 0.4) is 0 Å². The van der Waals surface area contributed by atoms with Crippen molar-refractivity contribution >= 4 is 21.6 Å². The smallest absolute Gasteiger partial charge is 0.331 e. The highest BCUT2D eigenvalue weighted by Crippen LogP contribution is 2.29. The van der Waals surface area contributed by atoms with E-state index >= 15 is 0 Å². The average molecular weight is 365 g/mol. The Kier molecular flexibility index (Phi) is 6.00. The number of sulfone groups is 1. The third kappa shape index (κ3) is 4.69. The van der Waals surface area contributed by atoms with Crippen LogP contribution in [0.2, 0.25) is 0 Å². The van der Waals surface area contributed by atoms with Gasteiger partial charge in [0.05, 0.1) is 11.5 Å². The zero-order valence-electron chi connectivity index (χ0n) is 14.7. The number of esters is 1. The topological polar surface area (TPSA) is 82.4 Å². The van der Waals surface area contributed by atoms with Gasteiger partial charge >= 0.3 is 5.97 Å². The molecule has 0 aliphatic carbocycles. The van der Waals surface area contributed by atoms with Crippen LogP contribution in [-0.4, -0.2) is 42.9 Å². The largest absolute Gasteiger partial charge is 0.454 e. The van der Waals surface area contributed by atoms with Crippen molar-refractivity contribution in [3.63, 3.8) is 0 Å². The van der Waals surface area contributed by atoms with Crippen LogP contribution in [0.4, 0.5) is 0 Å². The molecule has 1 saturated heterocycles. The fourth-order valence-corrected chi connectivity index (χ4v) is 4.81. The second-order valence-corrected chi connectivity index (χ2v) is 8.36. The molecule has 136 valence electrons. The predicted molar refractivity (Wildman–Crippen MR) is 95.5 cm³/mol. The van der Waals surface area contributed by atoms with Gasteiger partial charge in [0, 0.05) is 29.1 Å². The van der Waals surface area contributed by atoms with Gasteiger partial charge < -0.3 is 9.30 Å². The third-order valence-electron chi connectivity index (χ3n) is 4.24. The summed E-state index contributed by atoms with van der Waals surface area (Å²) in [6.07, 6.45) is 6.80. The minimum Gasteiger partial charge on any atom is -0.454 e. The van der Waals surface area contributed by atoms with E-state index in [1.807, 2.05) is 18.4 Å². The summed E-state index contributed by atoms with van der Waals surface area (Å²) in [5.74, 6) is -0.606. The van der Waals surface area contributed by atoms with E-state index < -0.39 is 15.8 Å². The minimum absolute atomic E-state index is 0.0989. The maximum absolute atomic E-state index is 12.4. The number of ketones is 1. The van der Waals surface area contributed by atoms with E-state index in [2.05, 4.69) is 0 Å². The number of carbonyl (C=O) groups is 2. The molecule has 0 saturated carbocycles. The monoisotopic (exact) mass is 365 g/mol. The molecule has 1 aliphatic heterocycles. The molecule has 1 atom stereocenters. The second kappa shape index (κ2) is 7.82. The summed E-state index contributed by atoms with van der Waals surface area (Å²) in [5.41, 5.74) is 2.01. The van der Waals surface area contributed by atoms with E-state index in [-0.39, 0.29) is 29.9 Å². The molecule has 0 bridgehead atoms. The molecule has 2 rings (SSSR count). The summed E-state index contributed by atoms with van der Waals surface area (Å²) in [6, 6.07) is 1.59. The molecule has 0 amide bonds. The molecule has 0 unspecified atom stereocenters. The number of ether oxygens (including phenoxy) is 1. The molecule has 25 heavy (non-hydrogen) atoms. The maximum atomic E-state index is 12.4. The minimum atomic E-state index is -3.01. The SMILES string of the molecule is C/C=C/C=C/C(=O)OCC(=O)c1cc(C)n([C@H]2CCS(=O)(=O)C2)c1C. The highest BCUT2D eigenvalue weighted by Gasteiger charge is 2.31. The summed E-state index contributed by atoms with van der Waals surface area (Å²) < 4.78 is 30.3. The van der Waals surface area contributed by atoms with Crippen molar-refractivity contribution in [3.8, 4) is 0 Å². The van der Waals surface area contributed by atoms with Crippen molar-refractivity contribution in [1.82, 2.24) is 4.57 Å². The van der Waals surface area contributed by atoms with Crippen molar-refractivity contribution in [1.29, 1.82) is 0 Å². The Labute approximate surface area is 148 Å². The molecule has 0 radical (unpaired) electrons. The fourth-order valence-electron chi connectivity index (χ4n) is 3.11. The van der Waals surface area contributed by atoms with E-state index in [4.69, 9.17) is 4.74 Å². The van der Waals surface area contributed by atoms with Gasteiger partial charge in [-0.25, -0.2) is 13.2 Å². The zero-order chi connectivity index (χ0) is 18.6. The van der Waals surface area contributed by atoms with Crippen molar-refractivity contribution in [2.75, 3.05) is 18.1 Å². The second-order valence-electron chi connectivity index (χ2n) is 6.13. The van der Waals surface area contributed by atoms with Crippen LogP contribution in [0.1, 0.15) is 41.1 Å². The van der Waals surface area contributed by atoms with Gasteiger partial charge in [0.1, 0.15) is 0 Å². The molecule has 1 aromatic rings. The lowest BCUT2D eigenvalue weighted by molar-refractivity contribution is -0.136. The van der Waals surface area contributed by atoms with Crippen molar-refractivity contribution in [2.45, 2.75) is 33.2 Å². The first-order chi connectivity index (χ1) is 11.7. The molecule has 6 nitrogen and oxygen atoms in total. The first kappa shape index (κ1) is 19.2. The predicted octanol–water partition coefficient (Wildman–Crippen LogP) is 2.32. The van der Waals surface area contributed by atoms with E-state index in [1.54, 1.807) is 31.2 Å². The zero-order valence-corrected chi connectivity index (χ0v) is 15.5. The number of Topliss-reactive ketones (excluding diaryl/α,β-unsaturated/α-hetero) is 1. The number of aromatic nitrogens is 1. The number of nitrogens with zero attached hydrogens (tertiary/aromatic N) is 1. The fraction of sp³-hybridized carbons (Fsp3) is 0.444. The summed E-state index contributed by atoms with van der Waals surface area (Å²) in [6.45, 7) is 5.12. The van der Waals surface area contributed by atoms with Crippen LogP contribution in [0, 0.1) is 13.8 Å². The Balaban J connectivity index is 2.09. The highest BCUT2D eigenvalue weighted by atomic mass is 32.2. The Morgan fingerprint density at radius 2 is 2.04 bits per heavy atom. The molecule has 1 aromatic heterocycles. The van der Waals surface area contributed by atoms with Crippen molar-refractivity contribution in [2.24, 2.45) is 0 Å². The van der Waals surface area contributed by atoms with Crippen LogP contribution in [0.5, 0.6) is 0 Å². The number of allylic oxidation sites excluding steroid dienone is 3. The molecule has 2 heterocycles. The van der Waals surface area contributed by atoms with Gasteiger partial charge in [-0.15, -0.1) is 0 Å². The van der Waals surface area contributed by atoms with Gasteiger partial charge in [-0.2, -0.15) is 0 Å². The summed E-state index contributed by atoms with van der Waals surface area (Å²) in [4.78, 5) is 23.9. The molecule has 7 heteroatoms. The Bertz CT molecular complexity index is 830. The molecule has 0 spiro atoms. The van der Waals surface area contributed by atoms with E-state index in [1.165, 1.54) is 6.08 Å². The molecule has 0 aromatic carbocycles. The Hall–Kier alpha value is -2.15. The van der Waals surface area contributed by atoms with Crippen LogP contribution in [0.25, 0.3) is 0 Å². The average Bonchev–Trinajstić information content (AvgIpc) is 3.04. The van der Waals surface area contributed by atoms with Gasteiger partial charge in [-0.3, -0.25) is 4.79 Å². The van der Waals surface area contributed by atoms with Crippen LogP contribution in [-0.2, 0) is 19.4 Å². The van der Waals surface area contributed by atoms with E-state index in [0.717, 1.165) is 5.69 Å². The number of aryl methyl sites for hydroxylation is 1. The Morgan fingerprint density at radius 1 is 1.32 bits per heavy atom. The summed E-state index contributed by atoms with van der Waals surface area (Å²) in [7, 11) is -3.01. The third-order valence-corrected chi connectivity index (χ3v) is 5.99. The van der Waals surface area contributed by atoms with Gasteiger partial charge in [-0.1, -0.05) is 18.2 Å². The lowest BCUT2D eigenvalue weighted by Gasteiger charge is -2.16. The molecule has 1 fully saturated rings. The quantitative estimate of drug-likeness (QED) is 0.334. The Morgan fingerprint density at radius 3 is 2.64 bits per heavy atom. The molecule has 1 aliphatic rings.